The Morgan fingerprint density at radius 2 is 2.12 bits per heavy atom. The average Bonchev–Trinajstić information content (AvgIpc) is 2.59. The van der Waals surface area contributed by atoms with Crippen molar-refractivity contribution in [2.24, 2.45) is 5.73 Å². The lowest BCUT2D eigenvalue weighted by Gasteiger charge is -2.10. The van der Waals surface area contributed by atoms with Crippen LogP contribution in [0.15, 0.2) is 0 Å². The third-order valence-electron chi connectivity index (χ3n) is 2.57. The fourth-order valence-corrected chi connectivity index (χ4v) is 1.55. The Morgan fingerprint density at radius 1 is 1.50 bits per heavy atom. The van der Waals surface area contributed by atoms with Gasteiger partial charge in [-0.25, -0.2) is 0 Å². The minimum absolute atomic E-state index is 0.0360. The van der Waals surface area contributed by atoms with Crippen LogP contribution in [0.1, 0.15) is 48.4 Å². The first-order valence-electron chi connectivity index (χ1n) is 5.53. The number of aromatic amines is 1. The summed E-state index contributed by atoms with van der Waals surface area (Å²) in [6.07, 6.45) is 0. The highest BCUT2D eigenvalue weighted by Crippen LogP contribution is 2.18. The number of H-pyrrole nitrogens is 1. The molecule has 1 heterocycles. The summed E-state index contributed by atoms with van der Waals surface area (Å²) in [5.74, 6) is 0.166. The summed E-state index contributed by atoms with van der Waals surface area (Å²) >= 11 is 0. The molecule has 0 spiro atoms. The molecule has 1 amide bonds. The second-order valence-corrected chi connectivity index (χ2v) is 4.38. The summed E-state index contributed by atoms with van der Waals surface area (Å²) < 4.78 is 0. The smallest absolute Gasteiger partial charge is 0.272 e. The lowest BCUT2D eigenvalue weighted by molar-refractivity contribution is 0.0935. The molecule has 0 aromatic carbocycles. The number of hydrogen-bond donors (Lipinski definition) is 3. The maximum Gasteiger partial charge on any atom is 0.272 e. The van der Waals surface area contributed by atoms with Gasteiger partial charge in [0, 0.05) is 23.8 Å². The van der Waals surface area contributed by atoms with E-state index in [-0.39, 0.29) is 11.9 Å². The number of amides is 1. The van der Waals surface area contributed by atoms with Gasteiger partial charge in [-0.1, -0.05) is 13.8 Å². The van der Waals surface area contributed by atoms with Crippen LogP contribution in [0.3, 0.4) is 0 Å². The molecule has 1 atom stereocenters. The predicted molar refractivity (Wildman–Crippen MR) is 63.4 cm³/mol. The van der Waals surface area contributed by atoms with E-state index in [0.717, 1.165) is 11.3 Å². The number of carbonyl (C=O) groups excluding carboxylic acids is 1. The molecule has 0 saturated carbocycles. The standard InChI is InChI=1S/C11H20N4O/c1-6(2)9-8(4)10(15-14-9)11(16)13-7(3)5-12/h6-7H,5,12H2,1-4H3,(H,13,16)(H,14,15). The summed E-state index contributed by atoms with van der Waals surface area (Å²) in [7, 11) is 0. The highest BCUT2D eigenvalue weighted by molar-refractivity contribution is 5.94. The van der Waals surface area contributed by atoms with Gasteiger partial charge in [-0.2, -0.15) is 5.10 Å². The van der Waals surface area contributed by atoms with Crippen LogP contribution < -0.4 is 11.1 Å². The van der Waals surface area contributed by atoms with Crippen LogP contribution in [-0.2, 0) is 0 Å². The second-order valence-electron chi connectivity index (χ2n) is 4.38. The van der Waals surface area contributed by atoms with E-state index >= 15 is 0 Å². The molecule has 5 heteroatoms. The summed E-state index contributed by atoms with van der Waals surface area (Å²) in [5.41, 5.74) is 7.83. The monoisotopic (exact) mass is 224 g/mol. The molecular formula is C11H20N4O. The summed E-state index contributed by atoms with van der Waals surface area (Å²) in [6.45, 7) is 8.31. The first-order chi connectivity index (χ1) is 7.47. The quantitative estimate of drug-likeness (QED) is 0.711. The summed E-state index contributed by atoms with van der Waals surface area (Å²) in [4.78, 5) is 11.8. The van der Waals surface area contributed by atoms with Crippen molar-refractivity contribution in [1.29, 1.82) is 0 Å². The first kappa shape index (κ1) is 12.7. The molecule has 1 aromatic rings. The summed E-state index contributed by atoms with van der Waals surface area (Å²) in [6, 6.07) is -0.0360. The Labute approximate surface area is 95.8 Å². The fourth-order valence-electron chi connectivity index (χ4n) is 1.55. The predicted octanol–water partition coefficient (Wildman–Crippen LogP) is 0.919. The van der Waals surface area contributed by atoms with E-state index in [1.165, 1.54) is 0 Å². The number of nitrogens with one attached hydrogen (secondary N) is 2. The van der Waals surface area contributed by atoms with Gasteiger partial charge in [-0.05, 0) is 19.8 Å². The zero-order valence-electron chi connectivity index (χ0n) is 10.3. The maximum atomic E-state index is 11.8. The highest BCUT2D eigenvalue weighted by Gasteiger charge is 2.18. The lowest BCUT2D eigenvalue weighted by Crippen LogP contribution is -2.38. The van der Waals surface area contributed by atoms with Crippen LogP contribution in [-0.4, -0.2) is 28.7 Å². The molecule has 0 fully saturated rings. The minimum atomic E-state index is -0.168. The van der Waals surface area contributed by atoms with E-state index in [1.54, 1.807) is 0 Å². The highest BCUT2D eigenvalue weighted by atomic mass is 16.2. The van der Waals surface area contributed by atoms with Crippen molar-refractivity contribution in [3.05, 3.63) is 17.0 Å². The molecule has 1 unspecified atom stereocenters. The molecule has 5 nitrogen and oxygen atoms in total. The number of nitrogens with two attached hydrogens (primary N) is 1. The molecule has 1 rings (SSSR count). The van der Waals surface area contributed by atoms with E-state index in [0.29, 0.717) is 18.2 Å². The van der Waals surface area contributed by atoms with Gasteiger partial charge in [-0.15, -0.1) is 0 Å². The van der Waals surface area contributed by atoms with Gasteiger partial charge >= 0.3 is 0 Å². The second kappa shape index (κ2) is 5.12. The Kier molecular flexibility index (Phi) is 4.06. The molecule has 0 aliphatic rings. The van der Waals surface area contributed by atoms with E-state index in [1.807, 2.05) is 13.8 Å². The molecule has 0 saturated heterocycles. The van der Waals surface area contributed by atoms with Gasteiger partial charge in [0.25, 0.3) is 5.91 Å². The Bertz CT molecular complexity index is 370. The van der Waals surface area contributed by atoms with Gasteiger partial charge < -0.3 is 11.1 Å². The Hall–Kier alpha value is -1.36. The number of rotatable bonds is 4. The van der Waals surface area contributed by atoms with Crippen molar-refractivity contribution in [1.82, 2.24) is 15.5 Å². The van der Waals surface area contributed by atoms with Gasteiger partial charge in [-0.3, -0.25) is 9.89 Å². The third kappa shape index (κ3) is 2.61. The van der Waals surface area contributed by atoms with Crippen LogP contribution in [0, 0.1) is 6.92 Å². The van der Waals surface area contributed by atoms with E-state index < -0.39 is 0 Å². The van der Waals surface area contributed by atoms with Crippen molar-refractivity contribution in [3.63, 3.8) is 0 Å². The van der Waals surface area contributed by atoms with E-state index in [2.05, 4.69) is 29.4 Å². The van der Waals surface area contributed by atoms with Crippen molar-refractivity contribution >= 4 is 5.91 Å². The first-order valence-corrected chi connectivity index (χ1v) is 5.53. The van der Waals surface area contributed by atoms with E-state index in [9.17, 15) is 4.79 Å². The van der Waals surface area contributed by atoms with Crippen LogP contribution in [0.25, 0.3) is 0 Å². The van der Waals surface area contributed by atoms with E-state index in [4.69, 9.17) is 5.73 Å². The van der Waals surface area contributed by atoms with Crippen LogP contribution in [0.5, 0.6) is 0 Å². The molecule has 0 aliphatic heterocycles. The zero-order chi connectivity index (χ0) is 12.3. The van der Waals surface area contributed by atoms with Crippen molar-refractivity contribution in [3.8, 4) is 0 Å². The maximum absolute atomic E-state index is 11.8. The zero-order valence-corrected chi connectivity index (χ0v) is 10.3. The number of carbonyl (C=O) groups is 1. The van der Waals surface area contributed by atoms with Gasteiger partial charge in [0.2, 0.25) is 0 Å². The molecular weight excluding hydrogens is 204 g/mol. The number of aromatic nitrogens is 2. The third-order valence-corrected chi connectivity index (χ3v) is 2.57. The topological polar surface area (TPSA) is 83.8 Å². The Balaban J connectivity index is 2.85. The van der Waals surface area contributed by atoms with Crippen LogP contribution in [0.2, 0.25) is 0 Å². The average molecular weight is 224 g/mol. The van der Waals surface area contributed by atoms with Crippen molar-refractivity contribution < 1.29 is 4.79 Å². The van der Waals surface area contributed by atoms with Gasteiger partial charge in [0.15, 0.2) is 5.69 Å². The SMILES string of the molecule is Cc1c(C(=O)NC(C)CN)n[nH]c1C(C)C. The summed E-state index contributed by atoms with van der Waals surface area (Å²) in [5, 5.41) is 9.74. The van der Waals surface area contributed by atoms with Gasteiger partial charge in [0.1, 0.15) is 0 Å². The molecule has 4 N–H and O–H groups in total. The molecule has 1 aromatic heterocycles. The Morgan fingerprint density at radius 3 is 2.56 bits per heavy atom. The van der Waals surface area contributed by atoms with Crippen LogP contribution >= 0.6 is 0 Å². The largest absolute Gasteiger partial charge is 0.347 e. The molecule has 0 radical (unpaired) electrons. The normalized spacial score (nSPS) is 12.9. The molecule has 0 bridgehead atoms. The van der Waals surface area contributed by atoms with Gasteiger partial charge in [0.05, 0.1) is 0 Å². The number of nitrogens with zero attached hydrogens (tertiary/aromatic N) is 1. The molecule has 90 valence electrons. The minimum Gasteiger partial charge on any atom is -0.347 e. The fraction of sp³-hybridized carbons (Fsp3) is 0.636. The molecule has 16 heavy (non-hydrogen) atoms. The molecule has 0 aliphatic carbocycles. The lowest BCUT2D eigenvalue weighted by atomic mass is 10.1. The van der Waals surface area contributed by atoms with Crippen molar-refractivity contribution in [2.75, 3.05) is 6.54 Å². The van der Waals surface area contributed by atoms with Crippen LogP contribution in [0.4, 0.5) is 0 Å². The number of hydrogen-bond acceptors (Lipinski definition) is 3. The van der Waals surface area contributed by atoms with Crippen molar-refractivity contribution in [2.45, 2.75) is 39.7 Å².